The summed E-state index contributed by atoms with van der Waals surface area (Å²) in [5.41, 5.74) is 0. The number of rotatable bonds is 2. The van der Waals surface area contributed by atoms with Crippen LogP contribution in [0.1, 0.15) is 5.82 Å². The molecule has 4 aliphatic rings. The van der Waals surface area contributed by atoms with E-state index in [1.54, 1.807) is 0 Å². The highest BCUT2D eigenvalue weighted by Crippen LogP contribution is 2.29. The molecule has 0 saturated carbocycles. The molecule has 4 saturated heterocycles. The van der Waals surface area contributed by atoms with Crippen molar-refractivity contribution in [1.82, 2.24) is 24.8 Å². The lowest BCUT2D eigenvalue weighted by Gasteiger charge is -2.60. The lowest BCUT2D eigenvalue weighted by molar-refractivity contribution is -0.992. The summed E-state index contributed by atoms with van der Waals surface area (Å²) in [6.07, 6.45) is 1.42. The fraction of sp³-hybridized carbons (Fsp3) is 0.778. The predicted molar refractivity (Wildman–Crippen MR) is 53.0 cm³/mol. The number of aromatic nitrogens is 2. The molecular weight excluding hydrogens is 208 g/mol. The van der Waals surface area contributed by atoms with Gasteiger partial charge in [0.05, 0.1) is 20.0 Å². The highest BCUT2D eigenvalue weighted by Gasteiger charge is 2.48. The van der Waals surface area contributed by atoms with E-state index in [1.807, 2.05) is 0 Å². The molecule has 0 amide bonds. The van der Waals surface area contributed by atoms with Gasteiger partial charge in [0.15, 0.2) is 0 Å². The molecule has 7 nitrogen and oxygen atoms in total. The molecule has 5 heterocycles. The molecule has 86 valence electrons. The van der Waals surface area contributed by atoms with Crippen LogP contribution >= 0.6 is 0 Å². The Morgan fingerprint density at radius 3 is 2.25 bits per heavy atom. The Labute approximate surface area is 93.4 Å². The maximum absolute atomic E-state index is 4.82. The fourth-order valence-electron chi connectivity index (χ4n) is 3.37. The average Bonchev–Trinajstić information content (AvgIpc) is 2.66. The predicted octanol–water partition coefficient (Wildman–Crippen LogP) is -0.922. The maximum Gasteiger partial charge on any atom is 0.226 e. The number of hydrogen-bond donors (Lipinski definition) is 0. The van der Waals surface area contributed by atoms with Crippen molar-refractivity contribution in [3.05, 3.63) is 12.2 Å². The van der Waals surface area contributed by atoms with Crippen molar-refractivity contribution in [2.75, 3.05) is 40.0 Å². The van der Waals surface area contributed by atoms with Gasteiger partial charge in [0.2, 0.25) is 12.2 Å². The van der Waals surface area contributed by atoms with Crippen LogP contribution in [-0.2, 0) is 6.54 Å². The first-order valence-electron chi connectivity index (χ1n) is 5.59. The molecule has 0 spiro atoms. The molecule has 5 rings (SSSR count). The molecule has 4 fully saturated rings. The van der Waals surface area contributed by atoms with E-state index >= 15 is 0 Å². The second-order valence-electron chi connectivity index (χ2n) is 5.21. The van der Waals surface area contributed by atoms with Gasteiger partial charge in [-0.15, -0.1) is 0 Å². The minimum atomic E-state index is 0.825. The first-order chi connectivity index (χ1) is 7.81. The fourth-order valence-corrected chi connectivity index (χ4v) is 3.37. The quantitative estimate of drug-likeness (QED) is 0.604. The van der Waals surface area contributed by atoms with Crippen LogP contribution in [0.4, 0.5) is 0 Å². The number of quaternary nitrogens is 1. The van der Waals surface area contributed by atoms with Gasteiger partial charge in [0.1, 0.15) is 26.6 Å². The maximum atomic E-state index is 4.82. The largest absolute Gasteiger partial charge is 0.343 e. The van der Waals surface area contributed by atoms with Gasteiger partial charge < -0.3 is 4.52 Å². The molecule has 1 aromatic heterocycles. The van der Waals surface area contributed by atoms with E-state index in [-0.39, 0.29) is 0 Å². The summed E-state index contributed by atoms with van der Waals surface area (Å²) in [7, 11) is 0. The van der Waals surface area contributed by atoms with Crippen LogP contribution in [0.3, 0.4) is 0 Å². The molecule has 0 radical (unpaired) electrons. The minimum absolute atomic E-state index is 0.825. The van der Waals surface area contributed by atoms with Crippen molar-refractivity contribution in [2.45, 2.75) is 6.54 Å². The van der Waals surface area contributed by atoms with Crippen LogP contribution in [0.25, 0.3) is 0 Å². The number of nitrogens with zero attached hydrogens (tertiary/aromatic N) is 6. The van der Waals surface area contributed by atoms with Crippen LogP contribution in [-0.4, -0.2) is 69.3 Å². The van der Waals surface area contributed by atoms with Gasteiger partial charge in [0, 0.05) is 0 Å². The Balaban J connectivity index is 1.62. The minimum Gasteiger partial charge on any atom is -0.343 e. The summed E-state index contributed by atoms with van der Waals surface area (Å²) in [4.78, 5) is 11.6. The van der Waals surface area contributed by atoms with Gasteiger partial charge in [-0.2, -0.15) is 4.98 Å². The van der Waals surface area contributed by atoms with E-state index in [2.05, 4.69) is 24.8 Å². The topological polar surface area (TPSA) is 48.6 Å². The van der Waals surface area contributed by atoms with Crippen molar-refractivity contribution < 1.29 is 9.01 Å². The third-order valence-corrected chi connectivity index (χ3v) is 3.58. The van der Waals surface area contributed by atoms with Crippen molar-refractivity contribution in [3.63, 3.8) is 0 Å². The second kappa shape index (κ2) is 3.01. The first-order valence-corrected chi connectivity index (χ1v) is 5.59. The van der Waals surface area contributed by atoms with E-state index in [1.165, 1.54) is 6.39 Å². The summed E-state index contributed by atoms with van der Waals surface area (Å²) in [6.45, 7) is 7.55. The van der Waals surface area contributed by atoms with Gasteiger partial charge in [-0.3, -0.25) is 4.48 Å². The smallest absolute Gasteiger partial charge is 0.226 e. The van der Waals surface area contributed by atoms with Gasteiger partial charge in [0.25, 0.3) is 0 Å². The zero-order chi connectivity index (χ0) is 10.6. The molecule has 16 heavy (non-hydrogen) atoms. The standard InChI is InChI=1S/C9H15N6O/c1(9-10-2-16-11-9)15-6-12-3-13(7-15)5-14(4-12)8-15/h2H,1,3-8H2/q+1. The Bertz CT molecular complexity index is 355. The molecule has 1 aromatic rings. The van der Waals surface area contributed by atoms with Crippen LogP contribution < -0.4 is 0 Å². The second-order valence-corrected chi connectivity index (χ2v) is 5.21. The Kier molecular flexibility index (Phi) is 1.70. The van der Waals surface area contributed by atoms with E-state index in [0.29, 0.717) is 0 Å². The molecule has 0 aliphatic carbocycles. The SMILES string of the molecule is c1nc(C[N+]23CN4CN(CN(C4)C2)C3)no1. The van der Waals surface area contributed by atoms with Gasteiger partial charge in [-0.25, -0.2) is 14.7 Å². The number of hydrogen-bond acceptors (Lipinski definition) is 6. The molecular formula is C9H15N6O+. The molecule has 0 aromatic carbocycles. The summed E-state index contributed by atoms with van der Waals surface area (Å²) in [5, 5.41) is 3.94. The summed E-state index contributed by atoms with van der Waals surface area (Å²) >= 11 is 0. The lowest BCUT2D eigenvalue weighted by atomic mass is 10.3. The van der Waals surface area contributed by atoms with Crippen molar-refractivity contribution in [1.29, 1.82) is 0 Å². The Hall–Kier alpha value is -1.02. The first kappa shape index (κ1) is 9.06. The van der Waals surface area contributed by atoms with Gasteiger partial charge >= 0.3 is 0 Å². The molecule has 0 N–H and O–H groups in total. The van der Waals surface area contributed by atoms with Crippen LogP contribution in [0, 0.1) is 0 Å². The lowest BCUT2D eigenvalue weighted by Crippen LogP contribution is -2.78. The third kappa shape index (κ3) is 1.29. The summed E-state index contributed by atoms with van der Waals surface area (Å²) < 4.78 is 5.84. The normalized spacial score (nSPS) is 45.1. The van der Waals surface area contributed by atoms with Crippen molar-refractivity contribution in [3.8, 4) is 0 Å². The molecule has 0 unspecified atom stereocenters. The van der Waals surface area contributed by atoms with Gasteiger partial charge in [-0.05, 0) is 0 Å². The van der Waals surface area contributed by atoms with E-state index in [4.69, 9.17) is 4.52 Å². The zero-order valence-corrected chi connectivity index (χ0v) is 9.12. The van der Waals surface area contributed by atoms with Crippen LogP contribution in [0.2, 0.25) is 0 Å². The van der Waals surface area contributed by atoms with Crippen molar-refractivity contribution in [2.24, 2.45) is 0 Å². The van der Waals surface area contributed by atoms with Gasteiger partial charge in [-0.1, -0.05) is 5.16 Å². The summed E-state index contributed by atoms with van der Waals surface area (Å²) in [5.74, 6) is 0.825. The van der Waals surface area contributed by atoms with E-state index in [0.717, 1.165) is 56.9 Å². The molecule has 4 bridgehead atoms. The van der Waals surface area contributed by atoms with E-state index in [9.17, 15) is 0 Å². The van der Waals surface area contributed by atoms with Crippen LogP contribution in [0.5, 0.6) is 0 Å². The Morgan fingerprint density at radius 1 is 1.12 bits per heavy atom. The third-order valence-electron chi connectivity index (χ3n) is 3.58. The van der Waals surface area contributed by atoms with Crippen molar-refractivity contribution >= 4 is 0 Å². The van der Waals surface area contributed by atoms with Crippen LogP contribution in [0.15, 0.2) is 10.9 Å². The average molecular weight is 223 g/mol. The zero-order valence-electron chi connectivity index (χ0n) is 9.12. The molecule has 0 atom stereocenters. The Morgan fingerprint density at radius 2 is 1.75 bits per heavy atom. The summed E-state index contributed by atoms with van der Waals surface area (Å²) in [6, 6.07) is 0. The highest BCUT2D eigenvalue weighted by molar-refractivity contribution is 4.79. The molecule has 7 heteroatoms. The van der Waals surface area contributed by atoms with E-state index < -0.39 is 0 Å². The highest BCUT2D eigenvalue weighted by atomic mass is 16.5. The monoisotopic (exact) mass is 223 g/mol. The molecule has 4 aliphatic heterocycles.